The molecule has 0 amide bonds. The van der Waals surface area contributed by atoms with Crippen molar-refractivity contribution in [1.82, 2.24) is 9.13 Å². The van der Waals surface area contributed by atoms with Crippen LogP contribution in [0, 0.1) is 0 Å². The molecule has 0 spiro atoms. The third-order valence-corrected chi connectivity index (χ3v) is 12.9. The topological polar surface area (TPSA) is 16.3 Å². The standard InChI is InChI=1S/C60H40N4/c1-3-20-45(21-4-1)63-56-31-9-7-28-52(56)54-35-34-51(40-59(54)63)61-47-24-11-16-41(36-47)43-18-13-26-49(38-43)62(50-27-14-19-44(39-50)42-17-12-25-48(61)37-42)58-33-15-30-55-53-29-8-10-32-57(53)64(60(55)58)46-22-5-2-6-23-46/h1-40H. The van der Waals surface area contributed by atoms with Crippen LogP contribution in [0.5, 0.6) is 0 Å². The SMILES string of the molecule is c1ccc(-n2c3ccccc3c3ccc(N4c5cccc(c5)-c5cccc(c5)N(c5cccc6c7ccccc7n(-c7ccccc7)c56)c5cccc(c5)-c5cccc4c5)cc32)cc1. The summed E-state index contributed by atoms with van der Waals surface area (Å²) in [7, 11) is 0. The number of hydrogen-bond donors (Lipinski definition) is 0. The molecule has 0 fully saturated rings. The zero-order valence-corrected chi connectivity index (χ0v) is 34.9. The van der Waals surface area contributed by atoms with Gasteiger partial charge in [-0.3, -0.25) is 0 Å². The molecule has 0 radical (unpaired) electrons. The molecule has 2 aromatic heterocycles. The highest BCUT2D eigenvalue weighted by molar-refractivity contribution is 6.15. The van der Waals surface area contributed by atoms with Gasteiger partial charge in [0.05, 0.1) is 27.8 Å². The summed E-state index contributed by atoms with van der Waals surface area (Å²) in [5.41, 5.74) is 18.1. The second-order valence-electron chi connectivity index (χ2n) is 16.6. The summed E-state index contributed by atoms with van der Waals surface area (Å²) in [4.78, 5) is 4.86. The Hall–Kier alpha value is -8.60. The molecule has 1 aliphatic heterocycles. The molecule has 13 rings (SSSR count). The molecule has 0 unspecified atom stereocenters. The van der Waals surface area contributed by atoms with Crippen molar-refractivity contribution >= 4 is 77.7 Å². The van der Waals surface area contributed by atoms with E-state index in [9.17, 15) is 0 Å². The van der Waals surface area contributed by atoms with E-state index in [-0.39, 0.29) is 0 Å². The van der Waals surface area contributed by atoms with Crippen molar-refractivity contribution in [3.05, 3.63) is 243 Å². The molecule has 0 saturated carbocycles. The normalized spacial score (nSPS) is 12.3. The number of anilines is 6. The summed E-state index contributed by atoms with van der Waals surface area (Å²) < 4.78 is 4.82. The van der Waals surface area contributed by atoms with E-state index in [1.165, 1.54) is 38.1 Å². The molecule has 0 atom stereocenters. The van der Waals surface area contributed by atoms with Gasteiger partial charge in [0, 0.05) is 61.4 Å². The number of benzene rings is 10. The van der Waals surface area contributed by atoms with E-state index in [4.69, 9.17) is 0 Å². The van der Waals surface area contributed by atoms with Gasteiger partial charge in [-0.2, -0.15) is 0 Å². The van der Waals surface area contributed by atoms with E-state index in [1.54, 1.807) is 0 Å². The maximum absolute atomic E-state index is 2.44. The van der Waals surface area contributed by atoms with Gasteiger partial charge < -0.3 is 18.9 Å². The van der Waals surface area contributed by atoms with Crippen LogP contribution < -0.4 is 9.80 Å². The first-order valence-corrected chi connectivity index (χ1v) is 21.9. The largest absolute Gasteiger partial charge is 0.310 e. The van der Waals surface area contributed by atoms with Crippen LogP contribution in [0.1, 0.15) is 0 Å². The second kappa shape index (κ2) is 14.5. The van der Waals surface area contributed by atoms with E-state index in [0.29, 0.717) is 0 Å². The Morgan fingerprint density at radius 3 is 1.17 bits per heavy atom. The predicted octanol–water partition coefficient (Wildman–Crippen LogP) is 16.5. The van der Waals surface area contributed by atoms with Crippen molar-refractivity contribution in [3.63, 3.8) is 0 Å². The fourth-order valence-electron chi connectivity index (χ4n) is 10.2. The summed E-state index contributed by atoms with van der Waals surface area (Å²) >= 11 is 0. The minimum absolute atomic E-state index is 1.08. The summed E-state index contributed by atoms with van der Waals surface area (Å²) in [5, 5.41) is 4.91. The van der Waals surface area contributed by atoms with Gasteiger partial charge in [-0.05, 0) is 125 Å². The molecule has 4 nitrogen and oxygen atoms in total. The first kappa shape index (κ1) is 36.1. The van der Waals surface area contributed by atoms with Crippen molar-refractivity contribution in [2.75, 3.05) is 9.80 Å². The Labute approximate surface area is 371 Å². The lowest BCUT2D eigenvalue weighted by atomic mass is 10.00. The Bertz CT molecular complexity index is 3660. The summed E-state index contributed by atoms with van der Waals surface area (Å²) in [5.74, 6) is 0. The Morgan fingerprint density at radius 2 is 0.609 bits per heavy atom. The van der Waals surface area contributed by atoms with E-state index >= 15 is 0 Å². The van der Waals surface area contributed by atoms with Crippen LogP contribution in [-0.4, -0.2) is 9.13 Å². The molecule has 0 saturated heterocycles. The van der Waals surface area contributed by atoms with Crippen LogP contribution >= 0.6 is 0 Å². The number of nitrogens with zero attached hydrogens (tertiary/aromatic N) is 4. The average molecular weight is 817 g/mol. The highest BCUT2D eigenvalue weighted by atomic mass is 15.2. The quantitative estimate of drug-likeness (QED) is 0.176. The number of hydrogen-bond acceptors (Lipinski definition) is 2. The molecule has 300 valence electrons. The fourth-order valence-corrected chi connectivity index (χ4v) is 10.2. The predicted molar refractivity (Wildman–Crippen MR) is 269 cm³/mol. The van der Waals surface area contributed by atoms with Gasteiger partial charge in [0.1, 0.15) is 0 Å². The average Bonchev–Trinajstić information content (AvgIpc) is 3.88. The molecular formula is C60H40N4. The smallest absolute Gasteiger partial charge is 0.0782 e. The van der Waals surface area contributed by atoms with Gasteiger partial charge >= 0.3 is 0 Å². The molecule has 3 heterocycles. The second-order valence-corrected chi connectivity index (χ2v) is 16.6. The zero-order valence-electron chi connectivity index (χ0n) is 34.9. The van der Waals surface area contributed by atoms with Crippen LogP contribution in [0.4, 0.5) is 34.1 Å². The molecule has 0 N–H and O–H groups in total. The molecule has 12 aromatic rings. The van der Waals surface area contributed by atoms with Crippen molar-refractivity contribution in [1.29, 1.82) is 0 Å². The number of fused-ring (bicyclic) bond motifs is 16. The highest BCUT2D eigenvalue weighted by Crippen LogP contribution is 2.47. The highest BCUT2D eigenvalue weighted by Gasteiger charge is 2.24. The van der Waals surface area contributed by atoms with Crippen molar-refractivity contribution < 1.29 is 0 Å². The van der Waals surface area contributed by atoms with Gasteiger partial charge in [-0.1, -0.05) is 140 Å². The number of para-hydroxylation sites is 5. The van der Waals surface area contributed by atoms with Crippen LogP contribution in [0.2, 0.25) is 0 Å². The van der Waals surface area contributed by atoms with Crippen molar-refractivity contribution in [2.24, 2.45) is 0 Å². The lowest BCUT2D eigenvalue weighted by Crippen LogP contribution is -2.12. The molecule has 1 aliphatic rings. The maximum atomic E-state index is 2.44. The zero-order chi connectivity index (χ0) is 42.1. The molecule has 64 heavy (non-hydrogen) atoms. The fraction of sp³-hybridized carbons (Fsp3) is 0. The minimum Gasteiger partial charge on any atom is -0.310 e. The Kier molecular flexibility index (Phi) is 8.18. The molecule has 4 heteroatoms. The van der Waals surface area contributed by atoms with Crippen molar-refractivity contribution in [3.8, 4) is 33.6 Å². The van der Waals surface area contributed by atoms with Crippen LogP contribution in [0.25, 0.3) is 77.2 Å². The number of rotatable bonds is 4. The molecule has 10 aromatic carbocycles. The first-order valence-electron chi connectivity index (χ1n) is 21.9. The van der Waals surface area contributed by atoms with Gasteiger partial charge in [-0.15, -0.1) is 0 Å². The third kappa shape index (κ3) is 5.70. The lowest BCUT2D eigenvalue weighted by molar-refractivity contribution is 1.17. The first-order chi connectivity index (χ1) is 31.7. The van der Waals surface area contributed by atoms with Crippen molar-refractivity contribution in [2.45, 2.75) is 0 Å². The summed E-state index contributed by atoms with van der Waals surface area (Å²) in [6, 6.07) is 88.7. The van der Waals surface area contributed by atoms with Gasteiger partial charge in [-0.25, -0.2) is 0 Å². The van der Waals surface area contributed by atoms with Crippen LogP contribution in [0.15, 0.2) is 243 Å². The lowest BCUT2D eigenvalue weighted by Gasteiger charge is -2.29. The van der Waals surface area contributed by atoms with E-state index < -0.39 is 0 Å². The summed E-state index contributed by atoms with van der Waals surface area (Å²) in [6.07, 6.45) is 0. The van der Waals surface area contributed by atoms with Gasteiger partial charge in [0.25, 0.3) is 0 Å². The van der Waals surface area contributed by atoms with Crippen LogP contribution in [-0.2, 0) is 0 Å². The summed E-state index contributed by atoms with van der Waals surface area (Å²) in [6.45, 7) is 0. The van der Waals surface area contributed by atoms with E-state index in [1.807, 2.05) is 0 Å². The molecule has 8 bridgehead atoms. The number of aromatic nitrogens is 2. The van der Waals surface area contributed by atoms with Gasteiger partial charge in [0.2, 0.25) is 0 Å². The Morgan fingerprint density at radius 1 is 0.219 bits per heavy atom. The molecule has 0 aliphatic carbocycles. The Balaban J connectivity index is 1.05. The maximum Gasteiger partial charge on any atom is 0.0782 e. The van der Waals surface area contributed by atoms with Crippen LogP contribution in [0.3, 0.4) is 0 Å². The van der Waals surface area contributed by atoms with E-state index in [2.05, 4.69) is 262 Å². The monoisotopic (exact) mass is 816 g/mol. The molecular weight excluding hydrogens is 777 g/mol. The van der Waals surface area contributed by atoms with Gasteiger partial charge in [0.15, 0.2) is 0 Å². The van der Waals surface area contributed by atoms with E-state index in [0.717, 1.165) is 73.3 Å². The minimum atomic E-state index is 1.08. The third-order valence-electron chi connectivity index (χ3n) is 12.9.